The molecule has 0 amide bonds. The Morgan fingerprint density at radius 1 is 1.44 bits per heavy atom. The number of rotatable bonds is 3. The second-order valence-electron chi connectivity index (χ2n) is 4.28. The van der Waals surface area contributed by atoms with Gasteiger partial charge < -0.3 is 20.7 Å². The van der Waals surface area contributed by atoms with Crippen LogP contribution in [-0.2, 0) is 0 Å². The molecule has 0 fully saturated rings. The molecule has 1 aromatic carbocycles. The SMILES string of the molecule is COc1cc(C(O)C(C)(C)N)cc(Br)c1O. The van der Waals surface area contributed by atoms with E-state index in [4.69, 9.17) is 10.5 Å². The van der Waals surface area contributed by atoms with Crippen LogP contribution in [0.1, 0.15) is 25.5 Å². The molecule has 5 heteroatoms. The van der Waals surface area contributed by atoms with Crippen molar-refractivity contribution in [3.05, 3.63) is 22.2 Å². The molecule has 0 heterocycles. The number of hydrogen-bond donors (Lipinski definition) is 3. The van der Waals surface area contributed by atoms with Gasteiger partial charge in [-0.15, -0.1) is 0 Å². The van der Waals surface area contributed by atoms with E-state index in [1.807, 2.05) is 0 Å². The zero-order chi connectivity index (χ0) is 12.5. The summed E-state index contributed by atoms with van der Waals surface area (Å²) in [5, 5.41) is 19.6. The highest BCUT2D eigenvalue weighted by Crippen LogP contribution is 2.38. The first-order chi connectivity index (χ1) is 7.27. The Morgan fingerprint density at radius 2 is 2.00 bits per heavy atom. The maximum absolute atomic E-state index is 10.0. The van der Waals surface area contributed by atoms with Gasteiger partial charge in [0, 0.05) is 5.54 Å². The van der Waals surface area contributed by atoms with Gasteiger partial charge in [-0.25, -0.2) is 0 Å². The van der Waals surface area contributed by atoms with Crippen LogP contribution in [0.5, 0.6) is 11.5 Å². The first-order valence-electron chi connectivity index (χ1n) is 4.80. The molecule has 0 aliphatic rings. The molecule has 0 aliphatic carbocycles. The van der Waals surface area contributed by atoms with Gasteiger partial charge in [-0.2, -0.15) is 0 Å². The minimum atomic E-state index is -0.835. The van der Waals surface area contributed by atoms with Crippen LogP contribution in [0.3, 0.4) is 0 Å². The number of methoxy groups -OCH3 is 1. The quantitative estimate of drug-likeness (QED) is 0.795. The van der Waals surface area contributed by atoms with Gasteiger partial charge in [0.2, 0.25) is 0 Å². The van der Waals surface area contributed by atoms with Crippen LogP contribution in [-0.4, -0.2) is 22.9 Å². The van der Waals surface area contributed by atoms with E-state index in [1.165, 1.54) is 7.11 Å². The van der Waals surface area contributed by atoms with E-state index in [2.05, 4.69) is 15.9 Å². The molecular weight excluding hydrogens is 274 g/mol. The number of aliphatic hydroxyl groups is 1. The monoisotopic (exact) mass is 289 g/mol. The van der Waals surface area contributed by atoms with Crippen molar-refractivity contribution in [2.45, 2.75) is 25.5 Å². The number of phenols is 1. The molecule has 1 rings (SSSR count). The van der Waals surface area contributed by atoms with Crippen molar-refractivity contribution in [3.63, 3.8) is 0 Å². The summed E-state index contributed by atoms with van der Waals surface area (Å²) < 4.78 is 5.46. The van der Waals surface area contributed by atoms with Crippen molar-refractivity contribution in [3.8, 4) is 11.5 Å². The van der Waals surface area contributed by atoms with E-state index < -0.39 is 11.6 Å². The molecule has 4 nitrogen and oxygen atoms in total. The van der Waals surface area contributed by atoms with E-state index in [1.54, 1.807) is 26.0 Å². The van der Waals surface area contributed by atoms with Crippen LogP contribution < -0.4 is 10.5 Å². The third-order valence-electron chi connectivity index (χ3n) is 2.29. The number of halogens is 1. The topological polar surface area (TPSA) is 75.7 Å². The van der Waals surface area contributed by atoms with Crippen LogP contribution in [0.25, 0.3) is 0 Å². The number of aromatic hydroxyl groups is 1. The lowest BCUT2D eigenvalue weighted by Crippen LogP contribution is -2.39. The summed E-state index contributed by atoms with van der Waals surface area (Å²) in [5.41, 5.74) is 5.65. The van der Waals surface area contributed by atoms with Gasteiger partial charge in [-0.1, -0.05) is 0 Å². The molecule has 0 aliphatic heterocycles. The molecule has 4 N–H and O–H groups in total. The van der Waals surface area contributed by atoms with Gasteiger partial charge in [-0.05, 0) is 47.5 Å². The predicted molar refractivity (Wildman–Crippen MR) is 65.6 cm³/mol. The molecule has 1 unspecified atom stereocenters. The summed E-state index contributed by atoms with van der Waals surface area (Å²) in [7, 11) is 1.45. The number of benzene rings is 1. The average molecular weight is 290 g/mol. The molecule has 0 saturated heterocycles. The van der Waals surface area contributed by atoms with Crippen molar-refractivity contribution in [2.75, 3.05) is 7.11 Å². The fourth-order valence-electron chi connectivity index (χ4n) is 1.34. The van der Waals surface area contributed by atoms with Crippen molar-refractivity contribution in [1.82, 2.24) is 0 Å². The van der Waals surface area contributed by atoms with Gasteiger partial charge >= 0.3 is 0 Å². The second-order valence-corrected chi connectivity index (χ2v) is 5.13. The highest BCUT2D eigenvalue weighted by Gasteiger charge is 2.26. The Morgan fingerprint density at radius 3 is 2.44 bits per heavy atom. The van der Waals surface area contributed by atoms with E-state index in [0.717, 1.165) is 0 Å². The first kappa shape index (κ1) is 13.3. The predicted octanol–water partition coefficient (Wildman–Crippen LogP) is 1.93. The maximum Gasteiger partial charge on any atom is 0.172 e. The smallest absolute Gasteiger partial charge is 0.172 e. The molecular formula is C11H16BrNO3. The third kappa shape index (κ3) is 2.66. The Hall–Kier alpha value is -0.780. The van der Waals surface area contributed by atoms with Crippen LogP contribution in [0.4, 0.5) is 0 Å². The molecule has 1 atom stereocenters. The summed E-state index contributed by atoms with van der Waals surface area (Å²) >= 11 is 3.19. The average Bonchev–Trinajstić information content (AvgIpc) is 2.19. The lowest BCUT2D eigenvalue weighted by atomic mass is 9.92. The van der Waals surface area contributed by atoms with Crippen LogP contribution in [0.2, 0.25) is 0 Å². The van der Waals surface area contributed by atoms with Crippen molar-refractivity contribution in [1.29, 1.82) is 0 Å². The minimum absolute atomic E-state index is 0.00766. The van der Waals surface area contributed by atoms with E-state index >= 15 is 0 Å². The Bertz CT molecular complexity index is 388. The van der Waals surface area contributed by atoms with Gasteiger partial charge in [0.1, 0.15) is 0 Å². The highest BCUT2D eigenvalue weighted by molar-refractivity contribution is 9.10. The molecule has 0 saturated carbocycles. The summed E-state index contributed by atoms with van der Waals surface area (Å²) in [4.78, 5) is 0. The van der Waals surface area contributed by atoms with Gasteiger partial charge in [0.25, 0.3) is 0 Å². The summed E-state index contributed by atoms with van der Waals surface area (Å²) in [6.07, 6.45) is -0.835. The van der Waals surface area contributed by atoms with E-state index in [-0.39, 0.29) is 5.75 Å². The maximum atomic E-state index is 10.0. The summed E-state index contributed by atoms with van der Waals surface area (Å²) in [6, 6.07) is 3.19. The number of nitrogens with two attached hydrogens (primary N) is 1. The number of aliphatic hydroxyl groups excluding tert-OH is 1. The normalized spacial score (nSPS) is 13.6. The molecule has 90 valence electrons. The third-order valence-corrected chi connectivity index (χ3v) is 2.90. The minimum Gasteiger partial charge on any atom is -0.503 e. The van der Waals surface area contributed by atoms with E-state index in [9.17, 15) is 10.2 Å². The van der Waals surface area contributed by atoms with Crippen molar-refractivity contribution < 1.29 is 14.9 Å². The largest absolute Gasteiger partial charge is 0.503 e. The standard InChI is InChI=1S/C11H16BrNO3/c1-11(2,13)10(15)6-4-7(12)9(14)8(5-6)16-3/h4-5,10,14-15H,13H2,1-3H3. The molecule has 0 radical (unpaired) electrons. The fraction of sp³-hybridized carbons (Fsp3) is 0.455. The molecule has 0 spiro atoms. The molecule has 0 bridgehead atoms. The van der Waals surface area contributed by atoms with Crippen LogP contribution in [0, 0.1) is 0 Å². The van der Waals surface area contributed by atoms with Gasteiger partial charge in [-0.3, -0.25) is 0 Å². The van der Waals surface area contributed by atoms with Gasteiger partial charge in [0.05, 0.1) is 17.7 Å². The number of ether oxygens (including phenoxy) is 1. The molecule has 0 aromatic heterocycles. The second kappa shape index (κ2) is 4.61. The fourth-order valence-corrected chi connectivity index (χ4v) is 1.80. The molecule has 16 heavy (non-hydrogen) atoms. The molecule has 1 aromatic rings. The van der Waals surface area contributed by atoms with Crippen molar-refractivity contribution in [2.24, 2.45) is 5.73 Å². The summed E-state index contributed by atoms with van der Waals surface area (Å²) in [6.45, 7) is 3.45. The highest BCUT2D eigenvalue weighted by atomic mass is 79.9. The van der Waals surface area contributed by atoms with Gasteiger partial charge in [0.15, 0.2) is 11.5 Å². The zero-order valence-electron chi connectivity index (χ0n) is 9.49. The Kier molecular flexibility index (Phi) is 3.83. The van der Waals surface area contributed by atoms with E-state index in [0.29, 0.717) is 15.8 Å². The lowest BCUT2D eigenvalue weighted by Gasteiger charge is -2.26. The summed E-state index contributed by atoms with van der Waals surface area (Å²) in [5.74, 6) is 0.306. The number of phenolic OH excluding ortho intramolecular Hbond substituents is 1. The zero-order valence-corrected chi connectivity index (χ0v) is 11.1. The Labute approximate surface area is 103 Å². The van der Waals surface area contributed by atoms with Crippen LogP contribution >= 0.6 is 15.9 Å². The van der Waals surface area contributed by atoms with Crippen molar-refractivity contribution >= 4 is 15.9 Å². The first-order valence-corrected chi connectivity index (χ1v) is 5.60. The lowest BCUT2D eigenvalue weighted by molar-refractivity contribution is 0.104. The Balaban J connectivity index is 3.21. The number of hydrogen-bond acceptors (Lipinski definition) is 4. The van der Waals surface area contributed by atoms with Crippen LogP contribution in [0.15, 0.2) is 16.6 Å².